The lowest BCUT2D eigenvalue weighted by Crippen LogP contribution is -2.59. The fourth-order valence-electron chi connectivity index (χ4n) is 3.05. The van der Waals surface area contributed by atoms with Crippen LogP contribution in [0.4, 0.5) is 4.39 Å². The molecule has 2 fully saturated rings. The number of nitrogens with zero attached hydrogens (tertiary/aromatic N) is 1. The number of likely N-dealkylation sites (tertiary alicyclic amines) is 1. The van der Waals surface area contributed by atoms with Crippen LogP contribution < -0.4 is 0 Å². The Morgan fingerprint density at radius 3 is 2.63 bits per heavy atom. The van der Waals surface area contributed by atoms with Crippen LogP contribution in [-0.2, 0) is 11.2 Å². The lowest BCUT2D eigenvalue weighted by atomic mass is 9.91. The van der Waals surface area contributed by atoms with Gasteiger partial charge < -0.3 is 9.84 Å². The Morgan fingerprint density at radius 2 is 2.00 bits per heavy atom. The van der Waals surface area contributed by atoms with Crippen LogP contribution in [0.25, 0.3) is 0 Å². The first-order valence-electron chi connectivity index (χ1n) is 7.00. The van der Waals surface area contributed by atoms with Crippen molar-refractivity contribution in [1.82, 2.24) is 4.90 Å². The molecule has 1 aromatic carbocycles. The lowest BCUT2D eigenvalue weighted by molar-refractivity contribution is -0.110. The monoisotopic (exact) mass is 265 g/mol. The third-order valence-corrected chi connectivity index (χ3v) is 4.23. The molecule has 2 aliphatic heterocycles. The van der Waals surface area contributed by atoms with Crippen LogP contribution in [0.15, 0.2) is 24.3 Å². The van der Waals surface area contributed by atoms with Crippen molar-refractivity contribution in [3.05, 3.63) is 35.6 Å². The predicted molar refractivity (Wildman–Crippen MR) is 70.4 cm³/mol. The molecule has 0 unspecified atom stereocenters. The molecule has 1 N–H and O–H groups in total. The first kappa shape index (κ1) is 13.0. The van der Waals surface area contributed by atoms with Gasteiger partial charge in [0.25, 0.3) is 0 Å². The third-order valence-electron chi connectivity index (χ3n) is 4.23. The van der Waals surface area contributed by atoms with Gasteiger partial charge in [-0.25, -0.2) is 4.39 Å². The number of aliphatic hydroxyl groups excluding tert-OH is 1. The first-order chi connectivity index (χ1) is 9.24. The van der Waals surface area contributed by atoms with E-state index in [1.54, 1.807) is 0 Å². The second-order valence-corrected chi connectivity index (χ2v) is 5.54. The van der Waals surface area contributed by atoms with Crippen molar-refractivity contribution >= 4 is 0 Å². The number of halogens is 1. The molecule has 0 aromatic heterocycles. The Hall–Kier alpha value is -0.970. The van der Waals surface area contributed by atoms with Gasteiger partial charge in [0.15, 0.2) is 0 Å². The molecule has 0 spiro atoms. The number of rotatable bonds is 3. The molecular weight excluding hydrogens is 245 g/mol. The summed E-state index contributed by atoms with van der Waals surface area (Å²) in [5.41, 5.74) is 1.08. The zero-order valence-electron chi connectivity index (χ0n) is 11.0. The second-order valence-electron chi connectivity index (χ2n) is 5.54. The number of hydrogen-bond acceptors (Lipinski definition) is 3. The molecule has 3 rings (SSSR count). The van der Waals surface area contributed by atoms with E-state index in [9.17, 15) is 9.50 Å². The zero-order valence-corrected chi connectivity index (χ0v) is 11.0. The minimum atomic E-state index is -0.292. The standard InChI is InChI=1S/C15H20FNO2/c16-12-5-3-11(4-6-12)8-14-15(18)2-1-7-17(14)13-9-19-10-13/h3-6,13-15,18H,1-2,7-10H2/t14-,15-/m0/s1. The lowest BCUT2D eigenvalue weighted by Gasteiger charge is -2.46. The minimum Gasteiger partial charge on any atom is -0.391 e. The summed E-state index contributed by atoms with van der Waals surface area (Å²) in [4.78, 5) is 2.38. The molecule has 1 aromatic rings. The van der Waals surface area contributed by atoms with Crippen LogP contribution in [0.1, 0.15) is 18.4 Å². The molecule has 4 heteroatoms. The summed E-state index contributed by atoms with van der Waals surface area (Å²) in [6, 6.07) is 7.18. The largest absolute Gasteiger partial charge is 0.391 e. The van der Waals surface area contributed by atoms with Crippen LogP contribution in [0.2, 0.25) is 0 Å². The number of piperidine rings is 1. The molecule has 2 aliphatic rings. The molecule has 3 nitrogen and oxygen atoms in total. The number of benzene rings is 1. The quantitative estimate of drug-likeness (QED) is 0.901. The average molecular weight is 265 g/mol. The number of hydrogen-bond donors (Lipinski definition) is 1. The maximum atomic E-state index is 12.9. The highest BCUT2D eigenvalue weighted by atomic mass is 19.1. The second kappa shape index (κ2) is 5.57. The molecule has 0 bridgehead atoms. The highest BCUT2D eigenvalue weighted by molar-refractivity contribution is 5.18. The Labute approximate surface area is 113 Å². The van der Waals surface area contributed by atoms with Crippen molar-refractivity contribution in [1.29, 1.82) is 0 Å². The summed E-state index contributed by atoms with van der Waals surface area (Å²) in [6.07, 6.45) is 2.38. The van der Waals surface area contributed by atoms with Crippen molar-refractivity contribution in [3.8, 4) is 0 Å². The fourth-order valence-corrected chi connectivity index (χ4v) is 3.05. The fraction of sp³-hybridized carbons (Fsp3) is 0.600. The van der Waals surface area contributed by atoms with Gasteiger partial charge in [-0.2, -0.15) is 0 Å². The third kappa shape index (κ3) is 2.81. The highest BCUT2D eigenvalue weighted by Gasteiger charge is 2.37. The van der Waals surface area contributed by atoms with Gasteiger partial charge in [-0.3, -0.25) is 4.90 Å². The summed E-state index contributed by atoms with van der Waals surface area (Å²) >= 11 is 0. The van der Waals surface area contributed by atoms with Crippen LogP contribution in [0, 0.1) is 5.82 Å². The summed E-state index contributed by atoms with van der Waals surface area (Å²) in [6.45, 7) is 2.57. The van der Waals surface area contributed by atoms with Crippen molar-refractivity contribution in [2.75, 3.05) is 19.8 Å². The Kier molecular flexibility index (Phi) is 3.82. The van der Waals surface area contributed by atoms with Gasteiger partial charge >= 0.3 is 0 Å². The van der Waals surface area contributed by atoms with Crippen molar-refractivity contribution < 1.29 is 14.2 Å². The maximum Gasteiger partial charge on any atom is 0.123 e. The van der Waals surface area contributed by atoms with E-state index in [1.807, 2.05) is 12.1 Å². The number of aliphatic hydroxyl groups is 1. The Morgan fingerprint density at radius 1 is 1.26 bits per heavy atom. The summed E-state index contributed by atoms with van der Waals surface area (Å²) < 4.78 is 18.2. The van der Waals surface area contributed by atoms with Gasteiger partial charge in [-0.1, -0.05) is 12.1 Å². The topological polar surface area (TPSA) is 32.7 Å². The highest BCUT2D eigenvalue weighted by Crippen LogP contribution is 2.26. The summed E-state index contributed by atoms with van der Waals surface area (Å²) in [5.74, 6) is -0.211. The van der Waals surface area contributed by atoms with Crippen molar-refractivity contribution in [2.45, 2.75) is 37.5 Å². The Bertz CT molecular complexity index is 419. The van der Waals surface area contributed by atoms with Crippen LogP contribution in [0.5, 0.6) is 0 Å². The van der Waals surface area contributed by atoms with E-state index in [4.69, 9.17) is 4.74 Å². The Balaban J connectivity index is 1.72. The van der Waals surface area contributed by atoms with E-state index >= 15 is 0 Å². The van der Waals surface area contributed by atoms with Gasteiger partial charge in [0.2, 0.25) is 0 Å². The summed E-state index contributed by atoms with van der Waals surface area (Å²) in [5, 5.41) is 10.3. The molecule has 2 atom stereocenters. The van der Waals surface area contributed by atoms with Gasteiger partial charge in [0.1, 0.15) is 5.82 Å². The van der Waals surface area contributed by atoms with E-state index in [1.165, 1.54) is 12.1 Å². The van der Waals surface area contributed by atoms with Gasteiger partial charge in [-0.05, 0) is 43.5 Å². The van der Waals surface area contributed by atoms with E-state index in [0.29, 0.717) is 6.04 Å². The normalized spacial score (nSPS) is 29.2. The molecule has 0 saturated carbocycles. The SMILES string of the molecule is O[C@H]1CCCN(C2COC2)[C@H]1Cc1ccc(F)cc1. The van der Waals surface area contributed by atoms with Crippen LogP contribution in [0.3, 0.4) is 0 Å². The predicted octanol–water partition coefficient (Wildman–Crippen LogP) is 1.59. The molecule has 2 heterocycles. The minimum absolute atomic E-state index is 0.133. The molecular formula is C15H20FNO2. The van der Waals surface area contributed by atoms with Crippen LogP contribution >= 0.6 is 0 Å². The molecule has 0 amide bonds. The smallest absolute Gasteiger partial charge is 0.123 e. The van der Waals surface area contributed by atoms with Crippen LogP contribution in [-0.4, -0.2) is 48.0 Å². The van der Waals surface area contributed by atoms with Gasteiger partial charge in [0.05, 0.1) is 25.4 Å². The first-order valence-corrected chi connectivity index (χ1v) is 7.00. The molecule has 2 saturated heterocycles. The summed E-state index contributed by atoms with van der Waals surface area (Å²) in [7, 11) is 0. The molecule has 0 radical (unpaired) electrons. The van der Waals surface area contributed by atoms with Gasteiger partial charge in [-0.15, -0.1) is 0 Å². The van der Waals surface area contributed by atoms with Crippen molar-refractivity contribution in [2.24, 2.45) is 0 Å². The zero-order chi connectivity index (χ0) is 13.2. The van der Waals surface area contributed by atoms with E-state index in [-0.39, 0.29) is 18.0 Å². The molecule has 104 valence electrons. The van der Waals surface area contributed by atoms with E-state index in [2.05, 4.69) is 4.90 Å². The molecule has 0 aliphatic carbocycles. The van der Waals surface area contributed by atoms with Gasteiger partial charge in [0, 0.05) is 6.04 Å². The van der Waals surface area contributed by atoms with E-state index in [0.717, 1.165) is 44.6 Å². The average Bonchev–Trinajstić information content (AvgIpc) is 2.34. The van der Waals surface area contributed by atoms with Crippen molar-refractivity contribution in [3.63, 3.8) is 0 Å². The molecule has 19 heavy (non-hydrogen) atoms. The maximum absolute atomic E-state index is 12.9. The number of ether oxygens (including phenoxy) is 1. The van der Waals surface area contributed by atoms with E-state index < -0.39 is 0 Å².